The van der Waals surface area contributed by atoms with Gasteiger partial charge < -0.3 is 14.2 Å². The van der Waals surface area contributed by atoms with E-state index in [2.05, 4.69) is 42.1 Å². The number of hydrogen-bond acceptors (Lipinski definition) is 5. The van der Waals surface area contributed by atoms with Crippen LogP contribution in [0, 0.1) is 0 Å². The van der Waals surface area contributed by atoms with Gasteiger partial charge in [0.15, 0.2) is 11.5 Å². The fourth-order valence-corrected chi connectivity index (χ4v) is 3.38. The fourth-order valence-electron chi connectivity index (χ4n) is 3.38. The Bertz CT molecular complexity index is 937. The first-order chi connectivity index (χ1) is 13.2. The van der Waals surface area contributed by atoms with Crippen LogP contribution in [0.2, 0.25) is 0 Å². The van der Waals surface area contributed by atoms with Crippen LogP contribution in [0.25, 0.3) is 10.9 Å². The molecule has 0 radical (unpaired) electrons. The van der Waals surface area contributed by atoms with Gasteiger partial charge in [0.2, 0.25) is 6.79 Å². The Kier molecular flexibility index (Phi) is 5.12. The van der Waals surface area contributed by atoms with Crippen LogP contribution in [0.3, 0.4) is 0 Å². The summed E-state index contributed by atoms with van der Waals surface area (Å²) < 4.78 is 17.0. The van der Waals surface area contributed by atoms with Gasteiger partial charge in [0, 0.05) is 36.3 Å². The standard InChI is InChI=1S/C22H24N2O3/c1-3-10-25-20-12-22-21(26-15-27-22)11-17(20)14-24(2)13-16-6-4-8-19-18(16)7-5-9-23-19/h4-9,11-12H,3,10,13-15H2,1-2H3. The number of nitrogens with zero attached hydrogens (tertiary/aromatic N) is 2. The van der Waals surface area contributed by atoms with Gasteiger partial charge in [-0.2, -0.15) is 0 Å². The van der Waals surface area contributed by atoms with E-state index in [1.165, 1.54) is 10.9 Å². The minimum atomic E-state index is 0.269. The van der Waals surface area contributed by atoms with Crippen molar-refractivity contribution in [3.05, 3.63) is 59.8 Å². The molecule has 2 aromatic carbocycles. The van der Waals surface area contributed by atoms with Crippen molar-refractivity contribution in [3.63, 3.8) is 0 Å². The van der Waals surface area contributed by atoms with E-state index in [-0.39, 0.29) is 6.79 Å². The molecule has 0 unspecified atom stereocenters. The Hall–Kier alpha value is -2.79. The number of benzene rings is 2. The SMILES string of the molecule is CCCOc1cc2c(cc1CN(C)Cc1cccc3ncccc13)OCO2. The van der Waals surface area contributed by atoms with Gasteiger partial charge in [-0.1, -0.05) is 25.1 Å². The number of fused-ring (bicyclic) bond motifs is 2. The lowest BCUT2D eigenvalue weighted by Crippen LogP contribution is -2.18. The molecule has 0 aliphatic carbocycles. The average molecular weight is 364 g/mol. The van der Waals surface area contributed by atoms with Crippen LogP contribution >= 0.6 is 0 Å². The van der Waals surface area contributed by atoms with E-state index in [4.69, 9.17) is 14.2 Å². The van der Waals surface area contributed by atoms with Gasteiger partial charge in [-0.3, -0.25) is 9.88 Å². The lowest BCUT2D eigenvalue weighted by molar-refractivity contribution is 0.173. The molecule has 0 bridgehead atoms. The summed E-state index contributed by atoms with van der Waals surface area (Å²) >= 11 is 0. The van der Waals surface area contributed by atoms with Crippen molar-refractivity contribution in [2.24, 2.45) is 0 Å². The molecule has 27 heavy (non-hydrogen) atoms. The van der Waals surface area contributed by atoms with Crippen LogP contribution in [0.15, 0.2) is 48.7 Å². The minimum Gasteiger partial charge on any atom is -0.493 e. The molecule has 0 saturated heterocycles. The summed E-state index contributed by atoms with van der Waals surface area (Å²) in [6, 6.07) is 14.4. The summed E-state index contributed by atoms with van der Waals surface area (Å²) in [7, 11) is 2.11. The molecular weight excluding hydrogens is 340 g/mol. The molecular formula is C22H24N2O3. The molecule has 0 saturated carbocycles. The Labute approximate surface area is 159 Å². The first-order valence-electron chi connectivity index (χ1n) is 9.31. The summed E-state index contributed by atoms with van der Waals surface area (Å²) in [5, 5.41) is 1.19. The predicted molar refractivity (Wildman–Crippen MR) is 105 cm³/mol. The second-order valence-electron chi connectivity index (χ2n) is 6.82. The maximum absolute atomic E-state index is 5.96. The van der Waals surface area contributed by atoms with E-state index in [9.17, 15) is 0 Å². The first kappa shape index (κ1) is 17.6. The van der Waals surface area contributed by atoms with Crippen molar-refractivity contribution >= 4 is 10.9 Å². The Morgan fingerprint density at radius 1 is 1.04 bits per heavy atom. The van der Waals surface area contributed by atoms with Crippen LogP contribution in [-0.4, -0.2) is 30.3 Å². The smallest absolute Gasteiger partial charge is 0.231 e. The number of pyridine rings is 1. The molecule has 5 heteroatoms. The van der Waals surface area contributed by atoms with Crippen molar-refractivity contribution in [2.75, 3.05) is 20.4 Å². The number of ether oxygens (including phenoxy) is 3. The van der Waals surface area contributed by atoms with E-state index in [1.54, 1.807) is 0 Å². The van der Waals surface area contributed by atoms with Crippen molar-refractivity contribution in [3.8, 4) is 17.2 Å². The Morgan fingerprint density at radius 2 is 1.85 bits per heavy atom. The van der Waals surface area contributed by atoms with Crippen molar-refractivity contribution in [1.29, 1.82) is 0 Å². The molecule has 0 amide bonds. The van der Waals surface area contributed by atoms with Crippen molar-refractivity contribution in [2.45, 2.75) is 26.4 Å². The maximum Gasteiger partial charge on any atom is 0.231 e. The zero-order chi connectivity index (χ0) is 18.6. The Morgan fingerprint density at radius 3 is 2.70 bits per heavy atom. The minimum absolute atomic E-state index is 0.269. The third-order valence-electron chi connectivity index (χ3n) is 4.63. The average Bonchev–Trinajstić information content (AvgIpc) is 3.13. The molecule has 140 valence electrons. The van der Waals surface area contributed by atoms with Crippen LogP contribution in [0.5, 0.6) is 17.2 Å². The number of rotatable bonds is 7. The van der Waals surface area contributed by atoms with Gasteiger partial charge in [-0.25, -0.2) is 0 Å². The molecule has 5 nitrogen and oxygen atoms in total. The second kappa shape index (κ2) is 7.84. The fraction of sp³-hybridized carbons (Fsp3) is 0.318. The first-order valence-corrected chi connectivity index (χ1v) is 9.31. The lowest BCUT2D eigenvalue weighted by Gasteiger charge is -2.20. The van der Waals surface area contributed by atoms with E-state index in [1.807, 2.05) is 30.5 Å². The molecule has 1 aliphatic rings. The van der Waals surface area contributed by atoms with Gasteiger partial charge >= 0.3 is 0 Å². The van der Waals surface area contributed by atoms with Crippen LogP contribution in [0.4, 0.5) is 0 Å². The van der Waals surface area contributed by atoms with Crippen LogP contribution in [-0.2, 0) is 13.1 Å². The highest BCUT2D eigenvalue weighted by Gasteiger charge is 2.19. The molecule has 3 aromatic rings. The van der Waals surface area contributed by atoms with Crippen molar-refractivity contribution in [1.82, 2.24) is 9.88 Å². The number of hydrogen-bond donors (Lipinski definition) is 0. The normalized spacial score (nSPS) is 12.7. The second-order valence-corrected chi connectivity index (χ2v) is 6.82. The molecule has 1 aromatic heterocycles. The van der Waals surface area contributed by atoms with E-state index >= 15 is 0 Å². The van der Waals surface area contributed by atoms with Gasteiger partial charge in [0.1, 0.15) is 5.75 Å². The summed E-state index contributed by atoms with van der Waals surface area (Å²) in [4.78, 5) is 6.73. The van der Waals surface area contributed by atoms with Gasteiger partial charge in [0.25, 0.3) is 0 Å². The Balaban J connectivity index is 1.56. The zero-order valence-electron chi connectivity index (χ0n) is 15.8. The third-order valence-corrected chi connectivity index (χ3v) is 4.63. The summed E-state index contributed by atoms with van der Waals surface area (Å²) in [6.45, 7) is 4.64. The summed E-state index contributed by atoms with van der Waals surface area (Å²) in [5.41, 5.74) is 3.40. The maximum atomic E-state index is 5.96. The monoisotopic (exact) mass is 364 g/mol. The lowest BCUT2D eigenvalue weighted by atomic mass is 10.1. The molecule has 0 N–H and O–H groups in total. The number of aromatic nitrogens is 1. The highest BCUT2D eigenvalue weighted by Crippen LogP contribution is 2.38. The highest BCUT2D eigenvalue weighted by atomic mass is 16.7. The molecule has 0 fully saturated rings. The highest BCUT2D eigenvalue weighted by molar-refractivity contribution is 5.81. The van der Waals surface area contributed by atoms with E-state index in [0.29, 0.717) is 6.61 Å². The van der Waals surface area contributed by atoms with Gasteiger partial charge in [-0.15, -0.1) is 0 Å². The van der Waals surface area contributed by atoms with E-state index < -0.39 is 0 Å². The predicted octanol–water partition coefficient (Wildman–Crippen LogP) is 4.38. The molecule has 0 spiro atoms. The molecule has 0 atom stereocenters. The van der Waals surface area contributed by atoms with Crippen LogP contribution < -0.4 is 14.2 Å². The zero-order valence-corrected chi connectivity index (χ0v) is 15.8. The molecule has 1 aliphatic heterocycles. The van der Waals surface area contributed by atoms with E-state index in [0.717, 1.165) is 47.8 Å². The largest absolute Gasteiger partial charge is 0.493 e. The van der Waals surface area contributed by atoms with Crippen LogP contribution in [0.1, 0.15) is 24.5 Å². The topological polar surface area (TPSA) is 43.8 Å². The van der Waals surface area contributed by atoms with Crippen molar-refractivity contribution < 1.29 is 14.2 Å². The molecule has 2 heterocycles. The summed E-state index contributed by atoms with van der Waals surface area (Å²) in [6.07, 6.45) is 2.80. The quantitative estimate of drug-likeness (QED) is 0.622. The van der Waals surface area contributed by atoms with Gasteiger partial charge in [0.05, 0.1) is 12.1 Å². The third kappa shape index (κ3) is 3.83. The summed E-state index contributed by atoms with van der Waals surface area (Å²) in [5.74, 6) is 2.41. The van der Waals surface area contributed by atoms with Gasteiger partial charge in [-0.05, 0) is 37.2 Å². The molecule has 4 rings (SSSR count).